The number of halogens is 1. The maximum absolute atomic E-state index is 15.3. The van der Waals surface area contributed by atoms with Gasteiger partial charge in [-0.25, -0.2) is 9.18 Å². The van der Waals surface area contributed by atoms with E-state index in [4.69, 9.17) is 15.2 Å². The van der Waals surface area contributed by atoms with Crippen molar-refractivity contribution in [3.8, 4) is 22.8 Å². The SMILES string of the molecule is COc1cccc(-c2c3n(c(=O)n(CC(N)c4ccccc4)c2=O)C(c2ccccc2)CO3)c1F. The first kappa shape index (κ1) is 22.6. The summed E-state index contributed by atoms with van der Waals surface area (Å²) in [5.74, 6) is -0.693. The lowest BCUT2D eigenvalue weighted by molar-refractivity contribution is 0.343. The number of ether oxygens (including phenoxy) is 2. The van der Waals surface area contributed by atoms with Gasteiger partial charge in [-0.15, -0.1) is 0 Å². The van der Waals surface area contributed by atoms with Gasteiger partial charge in [0.05, 0.1) is 13.7 Å². The van der Waals surface area contributed by atoms with Gasteiger partial charge in [0.1, 0.15) is 18.2 Å². The van der Waals surface area contributed by atoms with Crippen LogP contribution in [0.4, 0.5) is 4.39 Å². The van der Waals surface area contributed by atoms with Crippen LogP contribution in [0.2, 0.25) is 0 Å². The molecule has 0 amide bonds. The van der Waals surface area contributed by atoms with Crippen LogP contribution in [0.3, 0.4) is 0 Å². The molecule has 0 radical (unpaired) electrons. The standard InChI is InChI=1S/C27H24FN3O4/c1-34-22-14-8-13-19(24(22)28)23-25(32)30(15-20(29)17-9-4-2-5-10-17)27(33)31-21(16-35-26(23)31)18-11-6-3-7-12-18/h2-14,20-21H,15-16,29H2,1H3. The van der Waals surface area contributed by atoms with Gasteiger partial charge < -0.3 is 15.2 Å². The number of hydrogen-bond donors (Lipinski definition) is 1. The second kappa shape index (κ2) is 9.23. The molecule has 8 heteroatoms. The van der Waals surface area contributed by atoms with E-state index in [0.717, 1.165) is 15.7 Å². The summed E-state index contributed by atoms with van der Waals surface area (Å²) in [5, 5.41) is 0. The average molecular weight is 474 g/mol. The number of nitrogens with two attached hydrogens (primary N) is 1. The van der Waals surface area contributed by atoms with Gasteiger partial charge in [-0.2, -0.15) is 0 Å². The van der Waals surface area contributed by atoms with Crippen molar-refractivity contribution in [2.24, 2.45) is 5.73 Å². The molecule has 5 rings (SSSR count). The predicted octanol–water partition coefficient (Wildman–Crippen LogP) is 3.51. The molecule has 0 aliphatic carbocycles. The Hall–Kier alpha value is -4.17. The second-order valence-electron chi connectivity index (χ2n) is 8.32. The third-order valence-corrected chi connectivity index (χ3v) is 6.26. The molecule has 1 aliphatic heterocycles. The Morgan fingerprint density at radius 3 is 2.40 bits per heavy atom. The number of methoxy groups -OCH3 is 1. The topological polar surface area (TPSA) is 88.5 Å². The maximum atomic E-state index is 15.3. The summed E-state index contributed by atoms with van der Waals surface area (Å²) in [6.45, 7) is 0.0497. The molecule has 0 bridgehead atoms. The molecular formula is C27H24FN3O4. The van der Waals surface area contributed by atoms with Crippen molar-refractivity contribution in [3.05, 3.63) is 117 Å². The van der Waals surface area contributed by atoms with Crippen LogP contribution >= 0.6 is 0 Å². The monoisotopic (exact) mass is 473 g/mol. The molecular weight excluding hydrogens is 449 g/mol. The van der Waals surface area contributed by atoms with E-state index >= 15 is 4.39 Å². The summed E-state index contributed by atoms with van der Waals surface area (Å²) >= 11 is 0. The maximum Gasteiger partial charge on any atom is 0.334 e. The van der Waals surface area contributed by atoms with Crippen LogP contribution in [0, 0.1) is 5.82 Å². The predicted molar refractivity (Wildman–Crippen MR) is 130 cm³/mol. The Balaban J connectivity index is 1.75. The zero-order valence-electron chi connectivity index (χ0n) is 19.1. The van der Waals surface area contributed by atoms with E-state index < -0.39 is 29.1 Å². The summed E-state index contributed by atoms with van der Waals surface area (Å²) in [7, 11) is 1.35. The molecule has 2 atom stereocenters. The van der Waals surface area contributed by atoms with E-state index in [1.807, 2.05) is 60.7 Å². The molecule has 4 aromatic rings. The molecule has 0 saturated heterocycles. The van der Waals surface area contributed by atoms with Gasteiger partial charge in [-0.1, -0.05) is 72.8 Å². The van der Waals surface area contributed by atoms with Crippen molar-refractivity contribution in [1.29, 1.82) is 0 Å². The Morgan fingerprint density at radius 2 is 1.71 bits per heavy atom. The molecule has 0 saturated carbocycles. The Kier molecular flexibility index (Phi) is 5.96. The molecule has 35 heavy (non-hydrogen) atoms. The van der Waals surface area contributed by atoms with Crippen molar-refractivity contribution >= 4 is 0 Å². The molecule has 1 aromatic heterocycles. The largest absolute Gasteiger partial charge is 0.494 e. The number of hydrogen-bond acceptors (Lipinski definition) is 5. The minimum atomic E-state index is -0.709. The molecule has 1 aliphatic rings. The summed E-state index contributed by atoms with van der Waals surface area (Å²) in [6, 6.07) is 22.0. The fraction of sp³-hybridized carbons (Fsp3) is 0.185. The van der Waals surface area contributed by atoms with Gasteiger partial charge in [0, 0.05) is 11.6 Å². The Morgan fingerprint density at radius 1 is 1.03 bits per heavy atom. The highest BCUT2D eigenvalue weighted by molar-refractivity contribution is 5.70. The van der Waals surface area contributed by atoms with Gasteiger partial charge >= 0.3 is 5.69 Å². The van der Waals surface area contributed by atoms with Crippen LogP contribution < -0.4 is 26.5 Å². The molecule has 2 N–H and O–H groups in total. The van der Waals surface area contributed by atoms with Gasteiger partial charge in [-0.05, 0) is 17.2 Å². The van der Waals surface area contributed by atoms with E-state index in [1.165, 1.54) is 23.8 Å². The van der Waals surface area contributed by atoms with E-state index in [0.29, 0.717) is 0 Å². The zero-order chi connectivity index (χ0) is 24.5. The third kappa shape index (κ3) is 3.91. The van der Waals surface area contributed by atoms with E-state index in [9.17, 15) is 9.59 Å². The van der Waals surface area contributed by atoms with Crippen molar-refractivity contribution in [2.75, 3.05) is 13.7 Å². The smallest absolute Gasteiger partial charge is 0.334 e. The van der Waals surface area contributed by atoms with Crippen LogP contribution in [0.5, 0.6) is 11.6 Å². The van der Waals surface area contributed by atoms with Crippen LogP contribution in [-0.2, 0) is 6.54 Å². The number of rotatable bonds is 6. The number of benzene rings is 3. The van der Waals surface area contributed by atoms with Gasteiger partial charge in [0.15, 0.2) is 11.6 Å². The summed E-state index contributed by atoms with van der Waals surface area (Å²) in [4.78, 5) is 27.4. The highest BCUT2D eigenvalue weighted by Crippen LogP contribution is 2.37. The van der Waals surface area contributed by atoms with Crippen LogP contribution in [0.15, 0.2) is 88.5 Å². The highest BCUT2D eigenvalue weighted by Gasteiger charge is 2.34. The minimum Gasteiger partial charge on any atom is -0.494 e. The molecule has 2 unspecified atom stereocenters. The minimum absolute atomic E-state index is 0.00570. The lowest BCUT2D eigenvalue weighted by Crippen LogP contribution is -2.43. The van der Waals surface area contributed by atoms with E-state index in [-0.39, 0.29) is 35.9 Å². The van der Waals surface area contributed by atoms with Crippen molar-refractivity contribution < 1.29 is 13.9 Å². The normalized spacial score (nSPS) is 15.3. The molecule has 2 heterocycles. The zero-order valence-corrected chi connectivity index (χ0v) is 19.1. The second-order valence-corrected chi connectivity index (χ2v) is 8.32. The van der Waals surface area contributed by atoms with Gasteiger partial charge in [-0.3, -0.25) is 13.9 Å². The molecule has 7 nitrogen and oxygen atoms in total. The quantitative estimate of drug-likeness (QED) is 0.463. The Bertz CT molecular complexity index is 1480. The lowest BCUT2D eigenvalue weighted by atomic mass is 10.0. The fourth-order valence-corrected chi connectivity index (χ4v) is 4.48. The first-order chi connectivity index (χ1) is 17.0. The fourth-order valence-electron chi connectivity index (χ4n) is 4.48. The summed E-state index contributed by atoms with van der Waals surface area (Å²) in [6.07, 6.45) is 0. The van der Waals surface area contributed by atoms with Crippen LogP contribution in [0.25, 0.3) is 11.1 Å². The molecule has 3 aromatic carbocycles. The summed E-state index contributed by atoms with van der Waals surface area (Å²) < 4.78 is 28.9. The number of fused-ring (bicyclic) bond motifs is 1. The van der Waals surface area contributed by atoms with Gasteiger partial charge in [0.2, 0.25) is 5.88 Å². The van der Waals surface area contributed by atoms with Gasteiger partial charge in [0.25, 0.3) is 5.56 Å². The van der Waals surface area contributed by atoms with Crippen molar-refractivity contribution in [2.45, 2.75) is 18.6 Å². The molecule has 0 fully saturated rings. The van der Waals surface area contributed by atoms with E-state index in [2.05, 4.69) is 0 Å². The number of nitrogens with zero attached hydrogens (tertiary/aromatic N) is 2. The third-order valence-electron chi connectivity index (χ3n) is 6.26. The van der Waals surface area contributed by atoms with Crippen molar-refractivity contribution in [1.82, 2.24) is 9.13 Å². The first-order valence-corrected chi connectivity index (χ1v) is 11.2. The van der Waals surface area contributed by atoms with Crippen LogP contribution in [0.1, 0.15) is 23.2 Å². The molecule has 178 valence electrons. The Labute approximate surface area is 200 Å². The first-order valence-electron chi connectivity index (χ1n) is 11.2. The number of aromatic nitrogens is 2. The summed E-state index contributed by atoms with van der Waals surface area (Å²) in [5.41, 5.74) is 6.71. The average Bonchev–Trinajstić information content (AvgIpc) is 3.33. The highest BCUT2D eigenvalue weighted by atomic mass is 19.1. The molecule has 0 spiro atoms. The van der Waals surface area contributed by atoms with Crippen LogP contribution in [-0.4, -0.2) is 22.9 Å². The van der Waals surface area contributed by atoms with Crippen molar-refractivity contribution in [3.63, 3.8) is 0 Å². The van der Waals surface area contributed by atoms with E-state index in [1.54, 1.807) is 6.07 Å². The lowest BCUT2D eigenvalue weighted by Gasteiger charge is -2.19.